The maximum absolute atomic E-state index is 13.4. The lowest BCUT2D eigenvalue weighted by atomic mass is 9.94. The summed E-state index contributed by atoms with van der Waals surface area (Å²) in [7, 11) is -3.56. The molecule has 1 saturated carbocycles. The van der Waals surface area contributed by atoms with Crippen LogP contribution in [0.3, 0.4) is 0 Å². The van der Waals surface area contributed by atoms with Gasteiger partial charge in [0.05, 0.1) is 18.1 Å². The zero-order valence-corrected chi connectivity index (χ0v) is 21.7. The molecule has 194 valence electrons. The molecule has 1 aliphatic carbocycles. The Kier molecular flexibility index (Phi) is 7.48. The van der Waals surface area contributed by atoms with Crippen molar-refractivity contribution < 1.29 is 32.3 Å². The fourth-order valence-corrected chi connectivity index (χ4v) is 8.58. The van der Waals surface area contributed by atoms with Gasteiger partial charge in [-0.3, -0.25) is 9.59 Å². The number of hydroxylamine groups is 1. The summed E-state index contributed by atoms with van der Waals surface area (Å²) >= 11 is 1.38. The fourth-order valence-electron chi connectivity index (χ4n) is 4.79. The number of hydrogen-bond acceptors (Lipinski definition) is 8. The third-order valence-corrected chi connectivity index (χ3v) is 11.1. The fraction of sp³-hybridized carbons (Fsp3) is 0.538. The predicted octanol–water partition coefficient (Wildman–Crippen LogP) is 4.49. The van der Waals surface area contributed by atoms with E-state index in [0.29, 0.717) is 36.5 Å². The number of hydrogen-bond donors (Lipinski definition) is 1. The number of ether oxygens (including phenoxy) is 2. The molecule has 3 aliphatic rings. The summed E-state index contributed by atoms with van der Waals surface area (Å²) in [6.45, 7) is 0.584. The molecule has 0 radical (unpaired) electrons. The lowest BCUT2D eigenvalue weighted by Crippen LogP contribution is -2.45. The summed E-state index contributed by atoms with van der Waals surface area (Å²) in [5.41, 5.74) is 3.33. The highest BCUT2D eigenvalue weighted by Crippen LogP contribution is 2.47. The van der Waals surface area contributed by atoms with E-state index in [2.05, 4.69) is 5.48 Å². The number of thiophene rings is 1. The Morgan fingerprint density at radius 3 is 2.53 bits per heavy atom. The van der Waals surface area contributed by atoms with E-state index in [0.717, 1.165) is 42.5 Å². The van der Waals surface area contributed by atoms with Crippen LogP contribution in [0.15, 0.2) is 36.4 Å². The number of carbonyl (C=O) groups excluding carboxylic acids is 2. The molecule has 8 nitrogen and oxygen atoms in total. The van der Waals surface area contributed by atoms with Crippen LogP contribution in [0.4, 0.5) is 0 Å². The molecule has 2 saturated heterocycles. The number of nitrogens with one attached hydrogen (secondary N) is 1. The molecule has 1 aromatic heterocycles. The van der Waals surface area contributed by atoms with Gasteiger partial charge in [0, 0.05) is 22.8 Å². The molecule has 0 spiro atoms. The van der Waals surface area contributed by atoms with Crippen molar-refractivity contribution in [2.45, 2.75) is 68.8 Å². The number of esters is 1. The van der Waals surface area contributed by atoms with Crippen LogP contribution in [0.5, 0.6) is 5.75 Å². The van der Waals surface area contributed by atoms with E-state index in [-0.39, 0.29) is 24.1 Å². The second-order valence-electron chi connectivity index (χ2n) is 9.77. The Morgan fingerprint density at radius 2 is 1.83 bits per heavy atom. The van der Waals surface area contributed by atoms with Crippen molar-refractivity contribution in [2.24, 2.45) is 5.92 Å². The maximum atomic E-state index is 13.4. The van der Waals surface area contributed by atoms with Crippen LogP contribution in [0.2, 0.25) is 0 Å². The molecule has 1 N–H and O–H groups in total. The minimum absolute atomic E-state index is 0.0240. The largest absolute Gasteiger partial charge is 0.426 e. The van der Waals surface area contributed by atoms with E-state index >= 15 is 0 Å². The SMILES string of the molecule is O=C(C[C@]1(c2ccc(-c3ccc(OC(=O)C4CC4)cc3)s2)CCCCS1(=O)=O)NOC1CCCCO1. The van der Waals surface area contributed by atoms with Crippen LogP contribution < -0.4 is 10.2 Å². The Morgan fingerprint density at radius 1 is 1.03 bits per heavy atom. The van der Waals surface area contributed by atoms with Crippen LogP contribution in [0.25, 0.3) is 10.4 Å². The van der Waals surface area contributed by atoms with E-state index in [4.69, 9.17) is 14.3 Å². The maximum Gasteiger partial charge on any atom is 0.314 e. The quantitative estimate of drug-likeness (QED) is 0.303. The second kappa shape index (κ2) is 10.6. The standard InChI is InChI=1S/C26H31NO7S2/c28-23(27-34-24-5-1-3-15-32-24)17-26(14-2-4-16-36(26,30)31)22-13-12-21(35-22)18-8-10-20(11-9-18)33-25(29)19-6-7-19/h8-13,19,24H,1-7,14-17H2,(H,27,28)/t24?,26-/m0/s1. The van der Waals surface area contributed by atoms with Crippen LogP contribution in [0.1, 0.15) is 62.7 Å². The first-order valence-electron chi connectivity index (χ1n) is 12.6. The minimum atomic E-state index is -3.56. The molecule has 3 fully saturated rings. The zero-order valence-electron chi connectivity index (χ0n) is 20.1. The monoisotopic (exact) mass is 533 g/mol. The molecule has 2 aliphatic heterocycles. The zero-order chi connectivity index (χ0) is 25.2. The summed E-state index contributed by atoms with van der Waals surface area (Å²) in [5, 5.41) is 0. The van der Waals surface area contributed by atoms with E-state index in [1.54, 1.807) is 12.1 Å². The number of amides is 1. The predicted molar refractivity (Wildman–Crippen MR) is 135 cm³/mol. The van der Waals surface area contributed by atoms with Gasteiger partial charge in [-0.2, -0.15) is 0 Å². The molecule has 5 rings (SSSR count). The highest BCUT2D eigenvalue weighted by Gasteiger charge is 2.49. The molecule has 36 heavy (non-hydrogen) atoms. The van der Waals surface area contributed by atoms with Crippen molar-refractivity contribution in [1.29, 1.82) is 0 Å². The average Bonchev–Trinajstić information content (AvgIpc) is 3.62. The van der Waals surface area contributed by atoms with Crippen LogP contribution in [-0.4, -0.2) is 38.9 Å². The Balaban J connectivity index is 1.33. The van der Waals surface area contributed by atoms with Gasteiger partial charge in [-0.25, -0.2) is 18.7 Å². The summed E-state index contributed by atoms with van der Waals surface area (Å²) in [4.78, 5) is 31.7. The first kappa shape index (κ1) is 25.4. The molecular formula is C26H31NO7S2. The smallest absolute Gasteiger partial charge is 0.314 e. The number of rotatable bonds is 8. The van der Waals surface area contributed by atoms with Gasteiger partial charge < -0.3 is 9.47 Å². The number of carbonyl (C=O) groups is 2. The minimum Gasteiger partial charge on any atom is -0.426 e. The first-order chi connectivity index (χ1) is 17.4. The number of benzene rings is 1. The van der Waals surface area contributed by atoms with E-state index in [9.17, 15) is 18.0 Å². The molecule has 0 bridgehead atoms. The Bertz CT molecular complexity index is 1200. The van der Waals surface area contributed by atoms with Gasteiger partial charge in [-0.05, 0) is 80.5 Å². The number of sulfone groups is 1. The van der Waals surface area contributed by atoms with Crippen molar-refractivity contribution in [3.63, 3.8) is 0 Å². The van der Waals surface area contributed by atoms with Crippen LogP contribution >= 0.6 is 11.3 Å². The van der Waals surface area contributed by atoms with Gasteiger partial charge in [0.1, 0.15) is 10.5 Å². The van der Waals surface area contributed by atoms with E-state index < -0.39 is 26.8 Å². The first-order valence-corrected chi connectivity index (χ1v) is 15.0. The molecular weight excluding hydrogens is 502 g/mol. The van der Waals surface area contributed by atoms with Crippen LogP contribution in [-0.2, 0) is 33.7 Å². The molecule has 1 amide bonds. The third kappa shape index (κ3) is 5.51. The normalized spacial score (nSPS) is 25.7. The third-order valence-electron chi connectivity index (χ3n) is 7.05. The highest BCUT2D eigenvalue weighted by molar-refractivity contribution is 7.92. The lowest BCUT2D eigenvalue weighted by molar-refractivity contribution is -0.200. The van der Waals surface area contributed by atoms with Gasteiger partial charge >= 0.3 is 5.97 Å². The van der Waals surface area contributed by atoms with Gasteiger partial charge in [-0.15, -0.1) is 11.3 Å². The van der Waals surface area contributed by atoms with Gasteiger partial charge in [0.25, 0.3) is 0 Å². The van der Waals surface area contributed by atoms with E-state index in [1.165, 1.54) is 11.3 Å². The molecule has 2 aromatic rings. The van der Waals surface area contributed by atoms with Crippen molar-refractivity contribution >= 4 is 33.1 Å². The molecule has 2 atom stereocenters. The molecule has 10 heteroatoms. The van der Waals surface area contributed by atoms with Crippen LogP contribution in [0, 0.1) is 5.92 Å². The highest BCUT2D eigenvalue weighted by atomic mass is 32.2. The molecule has 1 aromatic carbocycles. The van der Waals surface area contributed by atoms with Crippen molar-refractivity contribution in [1.82, 2.24) is 5.48 Å². The second-order valence-corrected chi connectivity index (χ2v) is 13.3. The van der Waals surface area contributed by atoms with Gasteiger partial charge in [0.2, 0.25) is 5.91 Å². The summed E-state index contributed by atoms with van der Waals surface area (Å²) in [5.74, 6) is -0.0797. The van der Waals surface area contributed by atoms with Crippen molar-refractivity contribution in [2.75, 3.05) is 12.4 Å². The average molecular weight is 534 g/mol. The molecule has 1 unspecified atom stereocenters. The molecule has 3 heterocycles. The Labute approximate surface area is 215 Å². The summed E-state index contributed by atoms with van der Waals surface area (Å²) in [6.07, 6.45) is 5.40. The van der Waals surface area contributed by atoms with Crippen molar-refractivity contribution in [3.8, 4) is 16.2 Å². The lowest BCUT2D eigenvalue weighted by Gasteiger charge is -2.35. The van der Waals surface area contributed by atoms with E-state index in [1.807, 2.05) is 24.3 Å². The van der Waals surface area contributed by atoms with Crippen molar-refractivity contribution in [3.05, 3.63) is 41.3 Å². The van der Waals surface area contributed by atoms with Gasteiger partial charge in [0.15, 0.2) is 16.1 Å². The summed E-state index contributed by atoms with van der Waals surface area (Å²) in [6, 6.07) is 10.9. The Hall–Kier alpha value is -2.27. The summed E-state index contributed by atoms with van der Waals surface area (Å²) < 4.78 is 36.4. The van der Waals surface area contributed by atoms with Gasteiger partial charge in [-0.1, -0.05) is 6.42 Å². The topological polar surface area (TPSA) is 108 Å².